The number of benzene rings is 1. The Morgan fingerprint density at radius 1 is 1.44 bits per heavy atom. The highest BCUT2D eigenvalue weighted by molar-refractivity contribution is 5.37. The highest BCUT2D eigenvalue weighted by Crippen LogP contribution is 2.27. The largest absolute Gasteiger partial charge is 0.488 e. The minimum atomic E-state index is 0.242. The predicted octanol–water partition coefficient (Wildman–Crippen LogP) is 1.81. The first-order chi connectivity index (χ1) is 8.81. The molecule has 0 aliphatic carbocycles. The first-order valence-corrected chi connectivity index (χ1v) is 6.27. The average molecular weight is 243 g/mol. The third kappa shape index (κ3) is 2.38. The van der Waals surface area contributed by atoms with Crippen molar-refractivity contribution >= 4 is 0 Å². The third-order valence-corrected chi connectivity index (χ3v) is 3.16. The molecule has 0 saturated heterocycles. The maximum Gasteiger partial charge on any atom is 0.123 e. The summed E-state index contributed by atoms with van der Waals surface area (Å²) in [6.07, 6.45) is 3.10. The lowest BCUT2D eigenvalue weighted by molar-refractivity contribution is 0.227. The van der Waals surface area contributed by atoms with Crippen molar-refractivity contribution < 1.29 is 4.74 Å². The zero-order valence-corrected chi connectivity index (χ0v) is 10.4. The molecule has 1 aliphatic heterocycles. The lowest BCUT2D eigenvalue weighted by Gasteiger charge is -2.11. The second-order valence-corrected chi connectivity index (χ2v) is 4.68. The van der Waals surface area contributed by atoms with E-state index in [0.29, 0.717) is 0 Å². The van der Waals surface area contributed by atoms with Crippen LogP contribution in [0.25, 0.3) is 0 Å². The molecule has 1 aromatic carbocycles. The number of aryl methyl sites for hydroxylation is 1. The van der Waals surface area contributed by atoms with Gasteiger partial charge >= 0.3 is 0 Å². The van der Waals surface area contributed by atoms with Crippen LogP contribution in [0.15, 0.2) is 30.5 Å². The summed E-state index contributed by atoms with van der Waals surface area (Å²) in [6.45, 7) is 3.62. The van der Waals surface area contributed by atoms with Crippen molar-refractivity contribution in [2.24, 2.45) is 0 Å². The van der Waals surface area contributed by atoms with Crippen LogP contribution in [0, 0.1) is 6.92 Å². The number of nitrogens with zero attached hydrogens (tertiary/aromatic N) is 1. The molecule has 3 rings (SSSR count). The van der Waals surface area contributed by atoms with Crippen molar-refractivity contribution in [2.45, 2.75) is 26.0 Å². The molecule has 4 nitrogen and oxygen atoms in total. The summed E-state index contributed by atoms with van der Waals surface area (Å²) in [5.41, 5.74) is 2.42. The highest BCUT2D eigenvalue weighted by atomic mass is 16.5. The number of aromatic nitrogens is 2. The van der Waals surface area contributed by atoms with Gasteiger partial charge in [-0.25, -0.2) is 4.98 Å². The van der Waals surface area contributed by atoms with E-state index < -0.39 is 0 Å². The molecule has 2 N–H and O–H groups in total. The van der Waals surface area contributed by atoms with E-state index in [1.807, 2.05) is 25.3 Å². The topological polar surface area (TPSA) is 49.9 Å². The number of hydrogen-bond acceptors (Lipinski definition) is 3. The fourth-order valence-corrected chi connectivity index (χ4v) is 2.30. The standard InChI is InChI=1S/C14H17N3O/c1-10-16-8-12(17-10)7-15-9-13-6-11-4-2-3-5-14(11)18-13/h2-5,8,13,15H,6-7,9H2,1H3,(H,16,17). The van der Waals surface area contributed by atoms with Gasteiger partial charge < -0.3 is 15.0 Å². The molecule has 1 atom stereocenters. The summed E-state index contributed by atoms with van der Waals surface area (Å²) < 4.78 is 5.86. The fraction of sp³-hybridized carbons (Fsp3) is 0.357. The number of H-pyrrole nitrogens is 1. The highest BCUT2D eigenvalue weighted by Gasteiger charge is 2.21. The Bertz CT molecular complexity index is 510. The van der Waals surface area contributed by atoms with Gasteiger partial charge in [-0.05, 0) is 18.6 Å². The van der Waals surface area contributed by atoms with Gasteiger partial charge in [0, 0.05) is 31.4 Å². The molecule has 1 aromatic heterocycles. The number of fused-ring (bicyclic) bond motifs is 1. The van der Waals surface area contributed by atoms with Crippen LogP contribution in [0.5, 0.6) is 5.75 Å². The van der Waals surface area contributed by atoms with Gasteiger partial charge in [0.25, 0.3) is 0 Å². The van der Waals surface area contributed by atoms with Crippen LogP contribution in [0.1, 0.15) is 17.1 Å². The monoisotopic (exact) mass is 243 g/mol. The summed E-state index contributed by atoms with van der Waals surface area (Å²) in [5, 5.41) is 3.40. The number of nitrogens with one attached hydrogen (secondary N) is 2. The number of rotatable bonds is 4. The molecule has 0 bridgehead atoms. The van der Waals surface area contributed by atoms with E-state index in [1.54, 1.807) is 0 Å². The van der Waals surface area contributed by atoms with Gasteiger partial charge in [-0.15, -0.1) is 0 Å². The molecule has 4 heteroatoms. The van der Waals surface area contributed by atoms with Gasteiger partial charge in [-0.1, -0.05) is 18.2 Å². The smallest absolute Gasteiger partial charge is 0.123 e. The molecule has 2 heterocycles. The molecule has 94 valence electrons. The van der Waals surface area contributed by atoms with E-state index in [2.05, 4.69) is 27.4 Å². The van der Waals surface area contributed by atoms with Crippen molar-refractivity contribution in [1.82, 2.24) is 15.3 Å². The van der Waals surface area contributed by atoms with E-state index in [9.17, 15) is 0 Å². The van der Waals surface area contributed by atoms with E-state index >= 15 is 0 Å². The van der Waals surface area contributed by atoms with Crippen LogP contribution in [0.4, 0.5) is 0 Å². The number of imidazole rings is 1. The van der Waals surface area contributed by atoms with Crippen LogP contribution >= 0.6 is 0 Å². The molecular formula is C14H17N3O. The average Bonchev–Trinajstić information content (AvgIpc) is 2.95. The normalized spacial score (nSPS) is 17.5. The Hall–Kier alpha value is -1.81. The van der Waals surface area contributed by atoms with Crippen LogP contribution in [0.3, 0.4) is 0 Å². The SMILES string of the molecule is Cc1ncc(CNCC2Cc3ccccc3O2)[nH]1. The molecule has 2 aromatic rings. The Balaban J connectivity index is 1.48. The lowest BCUT2D eigenvalue weighted by atomic mass is 10.1. The molecule has 1 aliphatic rings. The number of aromatic amines is 1. The zero-order valence-electron chi connectivity index (χ0n) is 10.4. The van der Waals surface area contributed by atoms with Gasteiger partial charge in [-0.3, -0.25) is 0 Å². The van der Waals surface area contributed by atoms with Gasteiger partial charge in [0.2, 0.25) is 0 Å². The van der Waals surface area contributed by atoms with E-state index in [1.165, 1.54) is 5.56 Å². The van der Waals surface area contributed by atoms with Crippen molar-refractivity contribution in [2.75, 3.05) is 6.54 Å². The Morgan fingerprint density at radius 2 is 2.33 bits per heavy atom. The van der Waals surface area contributed by atoms with E-state index in [4.69, 9.17) is 4.74 Å². The van der Waals surface area contributed by atoms with Crippen LogP contribution in [0.2, 0.25) is 0 Å². The second kappa shape index (κ2) is 4.82. The maximum absolute atomic E-state index is 5.86. The summed E-state index contributed by atoms with van der Waals surface area (Å²) in [6, 6.07) is 8.24. The van der Waals surface area contributed by atoms with Gasteiger partial charge in [0.05, 0.1) is 0 Å². The van der Waals surface area contributed by atoms with Crippen LogP contribution in [-0.4, -0.2) is 22.6 Å². The van der Waals surface area contributed by atoms with Crippen molar-refractivity contribution in [3.63, 3.8) is 0 Å². The zero-order chi connectivity index (χ0) is 12.4. The van der Waals surface area contributed by atoms with Crippen molar-refractivity contribution in [1.29, 1.82) is 0 Å². The molecule has 18 heavy (non-hydrogen) atoms. The van der Waals surface area contributed by atoms with Crippen molar-refractivity contribution in [3.8, 4) is 5.75 Å². The van der Waals surface area contributed by atoms with Crippen molar-refractivity contribution in [3.05, 3.63) is 47.5 Å². The first kappa shape index (κ1) is 11.3. The van der Waals surface area contributed by atoms with Crippen LogP contribution in [-0.2, 0) is 13.0 Å². The van der Waals surface area contributed by atoms with Gasteiger partial charge in [0.15, 0.2) is 0 Å². The minimum absolute atomic E-state index is 0.242. The first-order valence-electron chi connectivity index (χ1n) is 6.27. The summed E-state index contributed by atoms with van der Waals surface area (Å²) in [4.78, 5) is 7.38. The number of ether oxygens (including phenoxy) is 1. The molecule has 0 amide bonds. The second-order valence-electron chi connectivity index (χ2n) is 4.68. The molecular weight excluding hydrogens is 226 g/mol. The maximum atomic E-state index is 5.86. The van der Waals surface area contributed by atoms with Crippen LogP contribution < -0.4 is 10.1 Å². The van der Waals surface area contributed by atoms with E-state index in [0.717, 1.165) is 36.8 Å². The lowest BCUT2D eigenvalue weighted by Crippen LogP contribution is -2.29. The predicted molar refractivity (Wildman–Crippen MR) is 69.6 cm³/mol. The molecule has 0 spiro atoms. The molecule has 0 fully saturated rings. The number of hydrogen-bond donors (Lipinski definition) is 2. The minimum Gasteiger partial charge on any atom is -0.488 e. The van der Waals surface area contributed by atoms with Gasteiger partial charge in [0.1, 0.15) is 17.7 Å². The molecule has 1 unspecified atom stereocenters. The summed E-state index contributed by atoms with van der Waals surface area (Å²) in [7, 11) is 0. The summed E-state index contributed by atoms with van der Waals surface area (Å²) >= 11 is 0. The fourth-order valence-electron chi connectivity index (χ4n) is 2.30. The molecule has 0 radical (unpaired) electrons. The summed E-state index contributed by atoms with van der Waals surface area (Å²) in [5.74, 6) is 1.98. The Morgan fingerprint density at radius 3 is 3.11 bits per heavy atom. The van der Waals surface area contributed by atoms with Gasteiger partial charge in [-0.2, -0.15) is 0 Å². The molecule has 0 saturated carbocycles. The quantitative estimate of drug-likeness (QED) is 0.861. The van der Waals surface area contributed by atoms with E-state index in [-0.39, 0.29) is 6.10 Å². The number of para-hydroxylation sites is 1. The third-order valence-electron chi connectivity index (χ3n) is 3.16. The Kier molecular flexibility index (Phi) is 3.02. The Labute approximate surface area is 106 Å².